The smallest absolute Gasteiger partial charge is 0.253 e. The number of amides is 1. The molecule has 2 heterocycles. The molecule has 1 aromatic heterocycles. The minimum Gasteiger partial charge on any atom is -0.441 e. The quantitative estimate of drug-likeness (QED) is 0.686. The second-order valence-corrected chi connectivity index (χ2v) is 7.15. The normalized spacial score (nSPS) is 14.6. The highest BCUT2D eigenvalue weighted by Crippen LogP contribution is 2.22. The summed E-state index contributed by atoms with van der Waals surface area (Å²) in [4.78, 5) is 21.5. The van der Waals surface area contributed by atoms with Crippen LogP contribution in [0.3, 0.4) is 0 Å². The zero-order chi connectivity index (χ0) is 20.2. The highest BCUT2D eigenvalue weighted by atomic mass is 16.4. The fourth-order valence-corrected chi connectivity index (χ4v) is 3.47. The molecule has 0 aliphatic carbocycles. The molecule has 0 N–H and O–H groups in total. The third-order valence-corrected chi connectivity index (χ3v) is 5.21. The van der Waals surface area contributed by atoms with Gasteiger partial charge in [0.2, 0.25) is 5.89 Å². The molecule has 1 aliphatic heterocycles. The predicted molar refractivity (Wildman–Crippen MR) is 109 cm³/mol. The van der Waals surface area contributed by atoms with E-state index in [0.29, 0.717) is 36.7 Å². The molecular weight excluding hydrogens is 364 g/mol. The number of oxazole rings is 1. The molecule has 3 aromatic rings. The summed E-state index contributed by atoms with van der Waals surface area (Å²) in [5, 5.41) is 8.89. The lowest BCUT2D eigenvalue weighted by Gasteiger charge is -2.34. The van der Waals surface area contributed by atoms with Gasteiger partial charge in [-0.25, -0.2) is 4.98 Å². The Morgan fingerprint density at radius 3 is 2.41 bits per heavy atom. The fourth-order valence-electron chi connectivity index (χ4n) is 3.47. The van der Waals surface area contributed by atoms with E-state index in [0.717, 1.165) is 30.1 Å². The predicted octanol–water partition coefficient (Wildman–Crippen LogP) is 3.48. The van der Waals surface area contributed by atoms with Crippen molar-refractivity contribution in [3.05, 3.63) is 77.2 Å². The summed E-state index contributed by atoms with van der Waals surface area (Å²) in [7, 11) is 0. The molecule has 0 unspecified atom stereocenters. The van der Waals surface area contributed by atoms with Crippen LogP contribution >= 0.6 is 0 Å². The van der Waals surface area contributed by atoms with Gasteiger partial charge in [0.05, 0.1) is 17.3 Å². The standard InChI is InChI=1S/C23H22N4O2/c1-17-21(25-22(29-17)19-5-3-2-4-6-19)16-26-11-13-27(14-12-26)23(28)20-9-7-18(15-24)8-10-20/h2-10H,11-14,16H2,1H3. The van der Waals surface area contributed by atoms with Gasteiger partial charge in [0.1, 0.15) is 5.76 Å². The number of piperazine rings is 1. The van der Waals surface area contributed by atoms with Gasteiger partial charge in [0.15, 0.2) is 0 Å². The summed E-state index contributed by atoms with van der Waals surface area (Å²) in [5.74, 6) is 1.49. The van der Waals surface area contributed by atoms with E-state index in [1.165, 1.54) is 0 Å². The minimum absolute atomic E-state index is 0.0121. The van der Waals surface area contributed by atoms with Crippen LogP contribution in [-0.2, 0) is 6.54 Å². The van der Waals surface area contributed by atoms with Gasteiger partial charge in [0, 0.05) is 43.9 Å². The summed E-state index contributed by atoms with van der Waals surface area (Å²) in [5.41, 5.74) is 3.09. The number of hydrogen-bond donors (Lipinski definition) is 0. The van der Waals surface area contributed by atoms with Gasteiger partial charge in [-0.3, -0.25) is 9.69 Å². The Hall–Kier alpha value is -3.43. The van der Waals surface area contributed by atoms with Crippen molar-refractivity contribution in [3.63, 3.8) is 0 Å². The Kier molecular flexibility index (Phi) is 5.41. The number of hydrogen-bond acceptors (Lipinski definition) is 5. The van der Waals surface area contributed by atoms with Gasteiger partial charge >= 0.3 is 0 Å². The average Bonchev–Trinajstić information content (AvgIpc) is 3.14. The molecule has 1 saturated heterocycles. The summed E-state index contributed by atoms with van der Waals surface area (Å²) in [6, 6.07) is 18.8. The Bertz CT molecular complexity index is 1030. The van der Waals surface area contributed by atoms with E-state index in [2.05, 4.69) is 16.0 Å². The van der Waals surface area contributed by atoms with Crippen molar-refractivity contribution < 1.29 is 9.21 Å². The number of nitrogens with zero attached hydrogens (tertiary/aromatic N) is 4. The van der Waals surface area contributed by atoms with Crippen LogP contribution in [0.25, 0.3) is 11.5 Å². The first kappa shape index (κ1) is 18.9. The Morgan fingerprint density at radius 2 is 1.76 bits per heavy atom. The van der Waals surface area contributed by atoms with E-state index in [1.54, 1.807) is 24.3 Å². The number of carbonyl (C=O) groups is 1. The minimum atomic E-state index is 0.0121. The Balaban J connectivity index is 1.36. The molecule has 4 rings (SSSR count). The van der Waals surface area contributed by atoms with Crippen LogP contribution < -0.4 is 0 Å². The van der Waals surface area contributed by atoms with Crippen molar-refractivity contribution in [1.82, 2.24) is 14.8 Å². The second kappa shape index (κ2) is 8.29. The van der Waals surface area contributed by atoms with E-state index in [1.807, 2.05) is 42.2 Å². The van der Waals surface area contributed by atoms with E-state index >= 15 is 0 Å². The molecule has 29 heavy (non-hydrogen) atoms. The average molecular weight is 386 g/mol. The summed E-state index contributed by atoms with van der Waals surface area (Å²) < 4.78 is 5.85. The summed E-state index contributed by atoms with van der Waals surface area (Å²) in [6.45, 7) is 5.56. The van der Waals surface area contributed by atoms with Crippen LogP contribution in [0.4, 0.5) is 0 Å². The largest absolute Gasteiger partial charge is 0.441 e. The summed E-state index contributed by atoms with van der Waals surface area (Å²) in [6.07, 6.45) is 0. The summed E-state index contributed by atoms with van der Waals surface area (Å²) >= 11 is 0. The van der Waals surface area contributed by atoms with Gasteiger partial charge in [-0.1, -0.05) is 18.2 Å². The van der Waals surface area contributed by atoms with Crippen LogP contribution in [0.2, 0.25) is 0 Å². The lowest BCUT2D eigenvalue weighted by atomic mass is 10.1. The van der Waals surface area contributed by atoms with E-state index < -0.39 is 0 Å². The monoisotopic (exact) mass is 386 g/mol. The number of benzene rings is 2. The van der Waals surface area contributed by atoms with E-state index in [4.69, 9.17) is 9.68 Å². The van der Waals surface area contributed by atoms with E-state index in [-0.39, 0.29) is 5.91 Å². The van der Waals surface area contributed by atoms with Crippen molar-refractivity contribution in [2.75, 3.05) is 26.2 Å². The lowest BCUT2D eigenvalue weighted by Crippen LogP contribution is -2.48. The molecule has 1 aliphatic rings. The number of aromatic nitrogens is 1. The molecular formula is C23H22N4O2. The molecule has 6 nitrogen and oxygen atoms in total. The molecule has 1 amide bonds. The Morgan fingerprint density at radius 1 is 1.07 bits per heavy atom. The SMILES string of the molecule is Cc1oc(-c2ccccc2)nc1CN1CCN(C(=O)c2ccc(C#N)cc2)CC1. The maximum Gasteiger partial charge on any atom is 0.253 e. The van der Waals surface area contributed by atoms with Crippen molar-refractivity contribution in [2.45, 2.75) is 13.5 Å². The number of nitriles is 1. The van der Waals surface area contributed by atoms with Crippen LogP contribution in [0.5, 0.6) is 0 Å². The maximum absolute atomic E-state index is 12.7. The van der Waals surface area contributed by atoms with Crippen LogP contribution in [0.1, 0.15) is 27.4 Å². The first-order chi connectivity index (χ1) is 14.1. The molecule has 2 aromatic carbocycles. The van der Waals surface area contributed by atoms with E-state index in [9.17, 15) is 4.79 Å². The maximum atomic E-state index is 12.7. The van der Waals surface area contributed by atoms with Crippen molar-refractivity contribution in [1.29, 1.82) is 5.26 Å². The highest BCUT2D eigenvalue weighted by molar-refractivity contribution is 5.94. The molecule has 0 atom stereocenters. The van der Waals surface area contributed by atoms with Crippen molar-refractivity contribution >= 4 is 5.91 Å². The van der Waals surface area contributed by atoms with Gasteiger partial charge in [-0.05, 0) is 43.3 Å². The van der Waals surface area contributed by atoms with Crippen molar-refractivity contribution in [2.24, 2.45) is 0 Å². The zero-order valence-electron chi connectivity index (χ0n) is 16.3. The first-order valence-electron chi connectivity index (χ1n) is 9.67. The lowest BCUT2D eigenvalue weighted by molar-refractivity contribution is 0.0626. The first-order valence-corrected chi connectivity index (χ1v) is 9.67. The molecule has 0 spiro atoms. The Labute approximate surface area is 170 Å². The topological polar surface area (TPSA) is 73.4 Å². The van der Waals surface area contributed by atoms with Gasteiger partial charge < -0.3 is 9.32 Å². The van der Waals surface area contributed by atoms with Gasteiger partial charge in [-0.2, -0.15) is 5.26 Å². The zero-order valence-corrected chi connectivity index (χ0v) is 16.3. The molecule has 1 fully saturated rings. The molecule has 6 heteroatoms. The number of carbonyl (C=O) groups excluding carboxylic acids is 1. The fraction of sp³-hybridized carbons (Fsp3) is 0.261. The molecule has 0 radical (unpaired) electrons. The van der Waals surface area contributed by atoms with Crippen LogP contribution in [-0.4, -0.2) is 46.9 Å². The van der Waals surface area contributed by atoms with Gasteiger partial charge in [0.25, 0.3) is 5.91 Å². The van der Waals surface area contributed by atoms with Crippen LogP contribution in [0, 0.1) is 18.3 Å². The van der Waals surface area contributed by atoms with Crippen LogP contribution in [0.15, 0.2) is 59.0 Å². The third-order valence-electron chi connectivity index (χ3n) is 5.21. The second-order valence-electron chi connectivity index (χ2n) is 7.15. The number of rotatable bonds is 4. The highest BCUT2D eigenvalue weighted by Gasteiger charge is 2.23. The van der Waals surface area contributed by atoms with Crippen molar-refractivity contribution in [3.8, 4) is 17.5 Å². The molecule has 0 bridgehead atoms. The third kappa shape index (κ3) is 4.20. The molecule has 146 valence electrons. The molecule has 0 saturated carbocycles. The number of aryl methyl sites for hydroxylation is 1. The van der Waals surface area contributed by atoms with Gasteiger partial charge in [-0.15, -0.1) is 0 Å².